The number of benzene rings is 1. The average Bonchev–Trinajstić information content (AvgIpc) is 2.43. The van der Waals surface area contributed by atoms with E-state index in [4.69, 9.17) is 0 Å². The maximum atomic E-state index is 12.0. The summed E-state index contributed by atoms with van der Waals surface area (Å²) < 4.78 is 1.95. The summed E-state index contributed by atoms with van der Waals surface area (Å²) in [6.07, 6.45) is 1.64. The zero-order valence-corrected chi connectivity index (χ0v) is 12.3. The molecule has 0 radical (unpaired) electrons. The fourth-order valence-electron chi connectivity index (χ4n) is 1.97. The van der Waals surface area contributed by atoms with Crippen molar-refractivity contribution in [2.75, 3.05) is 12.4 Å². The van der Waals surface area contributed by atoms with Crippen LogP contribution >= 0.6 is 15.9 Å². The van der Waals surface area contributed by atoms with Gasteiger partial charge in [-0.15, -0.1) is 0 Å². The lowest BCUT2D eigenvalue weighted by Crippen LogP contribution is -2.20. The molecule has 2 rings (SSSR count). The van der Waals surface area contributed by atoms with E-state index < -0.39 is 4.92 Å². The van der Waals surface area contributed by atoms with E-state index >= 15 is 0 Å². The molecule has 0 atom stereocenters. The topological polar surface area (TPSA) is 77.2 Å². The summed E-state index contributed by atoms with van der Waals surface area (Å²) in [6, 6.07) is 8.19. The zero-order chi connectivity index (χ0) is 14.7. The number of pyridine rings is 1. The highest BCUT2D eigenvalue weighted by Gasteiger charge is 2.16. The van der Waals surface area contributed by atoms with Gasteiger partial charge in [-0.1, -0.05) is 12.1 Å². The van der Waals surface area contributed by atoms with Crippen LogP contribution in [0.25, 0.3) is 0 Å². The first kappa shape index (κ1) is 14.3. The number of nitrogens with one attached hydrogen (secondary N) is 1. The van der Waals surface area contributed by atoms with Gasteiger partial charge in [0.05, 0.1) is 15.9 Å². The number of rotatable bonds is 4. The number of para-hydroxylation sites is 1. The summed E-state index contributed by atoms with van der Waals surface area (Å²) >= 11 is 3.18. The van der Waals surface area contributed by atoms with Crippen molar-refractivity contribution in [1.82, 2.24) is 4.57 Å². The van der Waals surface area contributed by atoms with Gasteiger partial charge in [-0.3, -0.25) is 14.9 Å². The quantitative estimate of drug-likeness (QED) is 0.687. The van der Waals surface area contributed by atoms with Crippen molar-refractivity contribution in [1.29, 1.82) is 0 Å². The summed E-state index contributed by atoms with van der Waals surface area (Å²) in [7, 11) is 1.62. The van der Waals surface area contributed by atoms with Crippen LogP contribution in [0.2, 0.25) is 0 Å². The van der Waals surface area contributed by atoms with Gasteiger partial charge in [0, 0.05) is 24.9 Å². The predicted molar refractivity (Wildman–Crippen MR) is 80.1 cm³/mol. The third kappa shape index (κ3) is 2.72. The summed E-state index contributed by atoms with van der Waals surface area (Å²) in [4.78, 5) is 22.5. The Labute approximate surface area is 123 Å². The molecule has 0 aliphatic rings. The molecule has 0 unspecified atom stereocenters. The lowest BCUT2D eigenvalue weighted by atomic mass is 10.1. The number of nitro benzene ring substituents is 1. The molecule has 6 nitrogen and oxygen atoms in total. The Bertz CT molecular complexity index is 712. The van der Waals surface area contributed by atoms with Crippen LogP contribution in [0.4, 0.5) is 11.4 Å². The lowest BCUT2D eigenvalue weighted by molar-refractivity contribution is -0.384. The number of nitro groups is 1. The number of hydrogen-bond acceptors (Lipinski definition) is 4. The summed E-state index contributed by atoms with van der Waals surface area (Å²) in [5, 5.41) is 13.8. The molecule has 0 spiro atoms. The second kappa shape index (κ2) is 5.87. The van der Waals surface area contributed by atoms with Crippen LogP contribution < -0.4 is 10.9 Å². The molecule has 1 heterocycles. The Hall–Kier alpha value is -2.15. The van der Waals surface area contributed by atoms with E-state index in [1.807, 2.05) is 0 Å². The van der Waals surface area contributed by atoms with Crippen LogP contribution in [0.15, 0.2) is 45.8 Å². The van der Waals surface area contributed by atoms with Gasteiger partial charge in [0.1, 0.15) is 5.69 Å². The molecule has 0 bridgehead atoms. The van der Waals surface area contributed by atoms with Gasteiger partial charge in [0.2, 0.25) is 0 Å². The average molecular weight is 338 g/mol. The Balaban J connectivity index is 2.49. The minimum atomic E-state index is -0.445. The molecular weight excluding hydrogens is 326 g/mol. The first-order valence-electron chi connectivity index (χ1n) is 5.83. The van der Waals surface area contributed by atoms with Crippen molar-refractivity contribution in [2.45, 2.75) is 6.54 Å². The standard InChI is InChI=1S/C13H12BrN3O3/c1-15-12-9(4-2-6-11(12)17(19)20)8-16-7-3-5-10(14)13(16)18/h2-7,15H,8H2,1H3. The van der Waals surface area contributed by atoms with Crippen LogP contribution in [-0.2, 0) is 6.54 Å². The number of halogens is 1. The van der Waals surface area contributed by atoms with Crippen molar-refractivity contribution in [2.24, 2.45) is 0 Å². The monoisotopic (exact) mass is 337 g/mol. The molecule has 7 heteroatoms. The highest BCUT2D eigenvalue weighted by molar-refractivity contribution is 9.10. The Morgan fingerprint density at radius 2 is 2.10 bits per heavy atom. The maximum absolute atomic E-state index is 12.0. The van der Waals surface area contributed by atoms with Gasteiger partial charge in [0.15, 0.2) is 0 Å². The van der Waals surface area contributed by atoms with Crippen molar-refractivity contribution < 1.29 is 4.92 Å². The molecule has 0 saturated carbocycles. The number of anilines is 1. The first-order chi connectivity index (χ1) is 9.54. The second-order valence-corrected chi connectivity index (χ2v) is 4.96. The molecule has 0 fully saturated rings. The first-order valence-corrected chi connectivity index (χ1v) is 6.63. The minimum Gasteiger partial charge on any atom is -0.382 e. The molecule has 1 aromatic heterocycles. The van der Waals surface area contributed by atoms with Crippen molar-refractivity contribution >= 4 is 27.3 Å². The fourth-order valence-corrected chi connectivity index (χ4v) is 2.36. The molecule has 104 valence electrons. The van der Waals surface area contributed by atoms with E-state index in [9.17, 15) is 14.9 Å². The van der Waals surface area contributed by atoms with Gasteiger partial charge in [-0.25, -0.2) is 0 Å². The van der Waals surface area contributed by atoms with Gasteiger partial charge >= 0.3 is 0 Å². The smallest absolute Gasteiger partial charge is 0.292 e. The van der Waals surface area contributed by atoms with Gasteiger partial charge in [-0.05, 0) is 28.1 Å². The molecule has 20 heavy (non-hydrogen) atoms. The van der Waals surface area contributed by atoms with E-state index in [0.717, 1.165) is 0 Å². The van der Waals surface area contributed by atoms with E-state index in [1.54, 1.807) is 37.5 Å². The summed E-state index contributed by atoms with van der Waals surface area (Å²) in [5.74, 6) is 0. The second-order valence-electron chi connectivity index (χ2n) is 4.11. The van der Waals surface area contributed by atoms with Crippen LogP contribution in [0.1, 0.15) is 5.56 Å². The molecule has 0 amide bonds. The van der Waals surface area contributed by atoms with E-state index in [2.05, 4.69) is 21.2 Å². The van der Waals surface area contributed by atoms with Crippen LogP contribution in [0.3, 0.4) is 0 Å². The highest BCUT2D eigenvalue weighted by Crippen LogP contribution is 2.28. The van der Waals surface area contributed by atoms with Crippen LogP contribution in [0.5, 0.6) is 0 Å². The fraction of sp³-hybridized carbons (Fsp3) is 0.154. The lowest BCUT2D eigenvalue weighted by Gasteiger charge is -2.11. The molecule has 0 saturated heterocycles. The normalized spacial score (nSPS) is 10.3. The van der Waals surface area contributed by atoms with E-state index in [1.165, 1.54) is 10.6 Å². The predicted octanol–water partition coefficient (Wildman–Crippen LogP) is 2.61. The number of hydrogen-bond donors (Lipinski definition) is 1. The third-order valence-electron chi connectivity index (χ3n) is 2.89. The minimum absolute atomic E-state index is 0.00644. The largest absolute Gasteiger partial charge is 0.382 e. The summed E-state index contributed by atoms with van der Waals surface area (Å²) in [5.41, 5.74) is 0.917. The maximum Gasteiger partial charge on any atom is 0.292 e. The van der Waals surface area contributed by atoms with Crippen molar-refractivity contribution in [3.63, 3.8) is 0 Å². The van der Waals surface area contributed by atoms with Gasteiger partial charge in [-0.2, -0.15) is 0 Å². The van der Waals surface area contributed by atoms with Gasteiger partial charge < -0.3 is 9.88 Å². The Morgan fingerprint density at radius 1 is 1.35 bits per heavy atom. The highest BCUT2D eigenvalue weighted by atomic mass is 79.9. The Morgan fingerprint density at radius 3 is 2.75 bits per heavy atom. The summed E-state index contributed by atoms with van der Waals surface area (Å²) in [6.45, 7) is 0.260. The van der Waals surface area contributed by atoms with Crippen molar-refractivity contribution in [3.8, 4) is 0 Å². The SMILES string of the molecule is CNc1c(Cn2cccc(Br)c2=O)cccc1[N+](=O)[O-]. The molecule has 2 aromatic rings. The van der Waals surface area contributed by atoms with E-state index in [-0.39, 0.29) is 17.8 Å². The number of aromatic nitrogens is 1. The zero-order valence-electron chi connectivity index (χ0n) is 10.7. The van der Waals surface area contributed by atoms with Crippen LogP contribution in [0, 0.1) is 10.1 Å². The Kier molecular flexibility index (Phi) is 4.19. The third-order valence-corrected chi connectivity index (χ3v) is 3.49. The van der Waals surface area contributed by atoms with E-state index in [0.29, 0.717) is 15.7 Å². The molecule has 1 aromatic carbocycles. The molecule has 0 aliphatic carbocycles. The molecule has 0 aliphatic heterocycles. The van der Waals surface area contributed by atoms with Gasteiger partial charge in [0.25, 0.3) is 11.2 Å². The molecule has 1 N–H and O–H groups in total. The van der Waals surface area contributed by atoms with Crippen molar-refractivity contribution in [3.05, 3.63) is 67.0 Å². The van der Waals surface area contributed by atoms with Crippen LogP contribution in [-0.4, -0.2) is 16.5 Å². The molecular formula is C13H12BrN3O3. The number of nitrogens with zero attached hydrogens (tertiary/aromatic N) is 2.